The van der Waals surface area contributed by atoms with Gasteiger partial charge in [-0.2, -0.15) is 4.98 Å². The summed E-state index contributed by atoms with van der Waals surface area (Å²) in [5.74, 6) is 1.89. The second-order valence-corrected chi connectivity index (χ2v) is 4.75. The molecule has 0 saturated carbocycles. The number of nitrogens with zero attached hydrogens (tertiary/aromatic N) is 4. The fraction of sp³-hybridized carbons (Fsp3) is 0.692. The van der Waals surface area contributed by atoms with Crippen molar-refractivity contribution >= 4 is 11.9 Å². The molecule has 21 heavy (non-hydrogen) atoms. The Morgan fingerprint density at radius 3 is 2.71 bits per heavy atom. The minimum Gasteiger partial charge on any atom is -0.357 e. The van der Waals surface area contributed by atoms with Crippen LogP contribution in [0.3, 0.4) is 0 Å². The Morgan fingerprint density at radius 2 is 2.14 bits per heavy atom. The van der Waals surface area contributed by atoms with Crippen LogP contribution >= 0.6 is 0 Å². The number of aryl methyl sites for hydroxylation is 2. The smallest absolute Gasteiger partial charge is 0.243 e. The average molecular weight is 296 g/mol. The molecule has 1 aromatic heterocycles. The molecule has 2 N–H and O–H groups in total. The monoisotopic (exact) mass is 296 g/mol. The molecule has 0 aliphatic carbocycles. The Hall–Kier alpha value is -2.12. The van der Waals surface area contributed by atoms with E-state index in [1.807, 2.05) is 6.92 Å². The number of hydrogen-bond donors (Lipinski definition) is 2. The Kier molecular flexibility index (Phi) is 7.20. The first-order chi connectivity index (χ1) is 10.0. The Labute approximate surface area is 125 Å². The largest absolute Gasteiger partial charge is 0.357 e. The number of carbonyl (C=O) groups is 1. The van der Waals surface area contributed by atoms with E-state index in [1.54, 1.807) is 21.0 Å². The summed E-state index contributed by atoms with van der Waals surface area (Å²) >= 11 is 0. The van der Waals surface area contributed by atoms with Gasteiger partial charge in [0.05, 0.1) is 0 Å². The highest BCUT2D eigenvalue weighted by Gasteiger charge is 2.05. The van der Waals surface area contributed by atoms with Crippen molar-refractivity contribution in [2.75, 3.05) is 33.7 Å². The van der Waals surface area contributed by atoms with Gasteiger partial charge in [0, 0.05) is 33.6 Å². The number of carbonyl (C=O) groups excluding carboxylic acids is 1. The van der Waals surface area contributed by atoms with Crippen LogP contribution in [0.5, 0.6) is 0 Å². The highest BCUT2D eigenvalue weighted by molar-refractivity contribution is 5.84. The second-order valence-electron chi connectivity index (χ2n) is 4.75. The first-order valence-corrected chi connectivity index (χ1v) is 7.04. The van der Waals surface area contributed by atoms with Crippen molar-refractivity contribution in [1.82, 2.24) is 25.7 Å². The van der Waals surface area contributed by atoms with Crippen LogP contribution in [0, 0.1) is 6.92 Å². The third-order valence-electron chi connectivity index (χ3n) is 2.64. The van der Waals surface area contributed by atoms with E-state index in [4.69, 9.17) is 4.52 Å². The number of hydrogen-bond acceptors (Lipinski definition) is 5. The van der Waals surface area contributed by atoms with E-state index in [2.05, 4.69) is 25.8 Å². The Morgan fingerprint density at radius 1 is 1.38 bits per heavy atom. The van der Waals surface area contributed by atoms with E-state index >= 15 is 0 Å². The lowest BCUT2D eigenvalue weighted by molar-refractivity contribution is -0.127. The molecular weight excluding hydrogens is 272 g/mol. The first kappa shape index (κ1) is 16.9. The summed E-state index contributed by atoms with van der Waals surface area (Å²) in [5.41, 5.74) is 0. The number of nitrogens with one attached hydrogen (secondary N) is 2. The molecule has 0 fully saturated rings. The third kappa shape index (κ3) is 6.73. The zero-order chi connectivity index (χ0) is 15.7. The minimum atomic E-state index is -0.0338. The van der Waals surface area contributed by atoms with E-state index in [-0.39, 0.29) is 12.5 Å². The lowest BCUT2D eigenvalue weighted by Gasteiger charge is -2.12. The average Bonchev–Trinajstić information content (AvgIpc) is 2.85. The molecule has 1 amide bonds. The maximum Gasteiger partial charge on any atom is 0.243 e. The second kappa shape index (κ2) is 8.93. The van der Waals surface area contributed by atoms with Gasteiger partial charge in [-0.15, -0.1) is 0 Å². The van der Waals surface area contributed by atoms with Gasteiger partial charge in [0.25, 0.3) is 0 Å². The maximum absolute atomic E-state index is 11.5. The molecule has 0 saturated heterocycles. The van der Waals surface area contributed by atoms with Crippen molar-refractivity contribution < 1.29 is 9.32 Å². The van der Waals surface area contributed by atoms with Crippen molar-refractivity contribution in [3.8, 4) is 0 Å². The molecule has 1 rings (SSSR count). The molecule has 8 nitrogen and oxygen atoms in total. The highest BCUT2D eigenvalue weighted by Crippen LogP contribution is 1.98. The number of likely N-dealkylation sites (N-methyl/N-ethyl adjacent to an activating group) is 1. The van der Waals surface area contributed by atoms with Crippen LogP contribution in [0.25, 0.3) is 0 Å². The predicted molar refractivity (Wildman–Crippen MR) is 80.0 cm³/mol. The van der Waals surface area contributed by atoms with Gasteiger partial charge in [-0.3, -0.25) is 4.79 Å². The predicted octanol–water partition coefficient (Wildman–Crippen LogP) is -0.0461. The summed E-state index contributed by atoms with van der Waals surface area (Å²) in [6, 6.07) is 0. The van der Waals surface area contributed by atoms with Gasteiger partial charge in [0.15, 0.2) is 11.8 Å². The van der Waals surface area contributed by atoms with Gasteiger partial charge in [-0.05, 0) is 20.3 Å². The van der Waals surface area contributed by atoms with Crippen LogP contribution in [0.15, 0.2) is 9.52 Å². The molecule has 0 atom stereocenters. The fourth-order valence-electron chi connectivity index (χ4n) is 1.52. The van der Waals surface area contributed by atoms with E-state index < -0.39 is 0 Å². The number of aliphatic imine (C=N–C) groups is 1. The van der Waals surface area contributed by atoms with Crippen LogP contribution in [0.4, 0.5) is 0 Å². The molecule has 1 heterocycles. The lowest BCUT2D eigenvalue weighted by Crippen LogP contribution is -2.39. The molecule has 0 aliphatic rings. The van der Waals surface area contributed by atoms with Crippen LogP contribution in [0.1, 0.15) is 25.1 Å². The van der Waals surface area contributed by atoms with Crippen molar-refractivity contribution in [3.05, 3.63) is 11.7 Å². The number of guanidine groups is 1. The molecule has 1 aromatic rings. The van der Waals surface area contributed by atoms with Gasteiger partial charge >= 0.3 is 0 Å². The topological polar surface area (TPSA) is 95.7 Å². The number of amides is 1. The molecular formula is C13H24N6O2. The van der Waals surface area contributed by atoms with Crippen molar-refractivity contribution in [3.63, 3.8) is 0 Å². The molecule has 0 unspecified atom stereocenters. The van der Waals surface area contributed by atoms with Gasteiger partial charge < -0.3 is 20.1 Å². The van der Waals surface area contributed by atoms with Crippen LogP contribution in [-0.4, -0.2) is 60.6 Å². The fourth-order valence-corrected chi connectivity index (χ4v) is 1.52. The molecule has 118 valence electrons. The lowest BCUT2D eigenvalue weighted by atomic mass is 10.3. The minimum absolute atomic E-state index is 0.0338. The molecule has 0 spiro atoms. The van der Waals surface area contributed by atoms with Crippen molar-refractivity contribution in [1.29, 1.82) is 0 Å². The summed E-state index contributed by atoms with van der Waals surface area (Å²) in [4.78, 5) is 21.4. The quantitative estimate of drug-likeness (QED) is 0.416. The molecule has 0 radical (unpaired) electrons. The number of rotatable bonds is 7. The third-order valence-corrected chi connectivity index (χ3v) is 2.64. The van der Waals surface area contributed by atoms with Gasteiger partial charge in [-0.1, -0.05) is 5.16 Å². The van der Waals surface area contributed by atoms with Crippen molar-refractivity contribution in [2.45, 2.75) is 26.7 Å². The summed E-state index contributed by atoms with van der Waals surface area (Å²) in [6.45, 7) is 5.36. The van der Waals surface area contributed by atoms with Crippen molar-refractivity contribution in [2.24, 2.45) is 4.99 Å². The summed E-state index contributed by atoms with van der Waals surface area (Å²) in [5, 5.41) is 10.0. The van der Waals surface area contributed by atoms with E-state index in [0.717, 1.165) is 13.0 Å². The normalized spacial score (nSPS) is 11.3. The van der Waals surface area contributed by atoms with E-state index in [0.29, 0.717) is 30.6 Å². The molecule has 0 aromatic carbocycles. The van der Waals surface area contributed by atoms with Crippen LogP contribution in [0.2, 0.25) is 0 Å². The zero-order valence-corrected chi connectivity index (χ0v) is 13.1. The number of aromatic nitrogens is 2. The standard InChI is InChI=1S/C13H24N6O2/c1-5-14-13(16-9-12(20)19(3)4)15-8-6-7-11-17-10(2)18-21-11/h5-9H2,1-4H3,(H2,14,15,16). The molecule has 0 bridgehead atoms. The Balaban J connectivity index is 2.33. The summed E-state index contributed by atoms with van der Waals surface area (Å²) in [6.07, 6.45) is 1.55. The molecule has 8 heteroatoms. The van der Waals surface area contributed by atoms with E-state index in [1.165, 1.54) is 4.90 Å². The van der Waals surface area contributed by atoms with Crippen LogP contribution < -0.4 is 10.6 Å². The molecule has 0 aliphatic heterocycles. The van der Waals surface area contributed by atoms with Gasteiger partial charge in [0.2, 0.25) is 11.8 Å². The maximum atomic E-state index is 11.5. The first-order valence-electron chi connectivity index (χ1n) is 7.04. The zero-order valence-electron chi connectivity index (χ0n) is 13.1. The van der Waals surface area contributed by atoms with Gasteiger partial charge in [0.1, 0.15) is 6.54 Å². The SMILES string of the molecule is CCNC(=NCC(=O)N(C)C)NCCCc1nc(C)no1. The van der Waals surface area contributed by atoms with E-state index in [9.17, 15) is 4.79 Å². The summed E-state index contributed by atoms with van der Waals surface area (Å²) in [7, 11) is 3.43. The Bertz CT molecular complexity index is 469. The summed E-state index contributed by atoms with van der Waals surface area (Å²) < 4.78 is 5.04. The highest BCUT2D eigenvalue weighted by atomic mass is 16.5. The van der Waals surface area contributed by atoms with Gasteiger partial charge in [-0.25, -0.2) is 4.99 Å². The van der Waals surface area contributed by atoms with Crippen LogP contribution in [-0.2, 0) is 11.2 Å².